The van der Waals surface area contributed by atoms with E-state index in [-0.39, 0.29) is 37.7 Å². The van der Waals surface area contributed by atoms with E-state index in [4.69, 9.17) is 0 Å². The van der Waals surface area contributed by atoms with Gasteiger partial charge < -0.3 is 9.87 Å². The fourth-order valence-corrected chi connectivity index (χ4v) is 1.82. The predicted octanol–water partition coefficient (Wildman–Crippen LogP) is -0.768. The molecule has 0 atom stereocenters. The van der Waals surface area contributed by atoms with E-state index in [2.05, 4.69) is 11.9 Å². The first-order valence-corrected chi connectivity index (χ1v) is 5.12. The van der Waals surface area contributed by atoms with Crippen LogP contribution in [0.15, 0.2) is 12.7 Å². The van der Waals surface area contributed by atoms with Crippen molar-refractivity contribution in [2.24, 2.45) is 0 Å². The van der Waals surface area contributed by atoms with E-state index in [0.717, 1.165) is 6.08 Å². The van der Waals surface area contributed by atoms with Gasteiger partial charge in [0.15, 0.2) is 0 Å². The summed E-state index contributed by atoms with van der Waals surface area (Å²) in [6.45, 7) is 6.10. The molecule has 0 fully saturated rings. The number of hydrogen-bond donors (Lipinski definition) is 1. The minimum atomic E-state index is -4.33. The topological polar surface area (TPSA) is 86.3 Å². The van der Waals surface area contributed by atoms with Crippen LogP contribution in [0.1, 0.15) is 13.8 Å². The molecule has 0 saturated carbocycles. The summed E-state index contributed by atoms with van der Waals surface area (Å²) in [6.07, 6.45) is 1.01. The third kappa shape index (κ3) is 8.96. The molecule has 0 aliphatic heterocycles. The molecule has 0 spiro atoms. The van der Waals surface area contributed by atoms with Gasteiger partial charge in [-0.3, -0.25) is 4.79 Å². The monoisotopic (exact) mass is 246 g/mol. The number of carbonyl (C=O) groups is 1. The van der Waals surface area contributed by atoms with Crippen LogP contribution in [0.4, 0.5) is 0 Å². The second-order valence-electron chi connectivity index (χ2n) is 3.28. The van der Waals surface area contributed by atoms with Crippen LogP contribution in [0.3, 0.4) is 0 Å². The predicted molar refractivity (Wildman–Crippen MR) is 52.7 cm³/mol. The Labute approximate surface area is 114 Å². The molecule has 1 N–H and O–H groups in total. The fraction of sp³-hybridized carbons (Fsp3) is 0.571. The van der Waals surface area contributed by atoms with E-state index in [1.54, 1.807) is 0 Å². The zero-order valence-corrected chi connectivity index (χ0v) is 11.3. The first kappa shape index (κ1) is 16.8. The number of carbonyl (C=O) groups excluding carboxylic acids is 1. The van der Waals surface area contributed by atoms with E-state index in [1.165, 1.54) is 13.8 Å². The van der Waals surface area contributed by atoms with Crippen LogP contribution in [0.5, 0.6) is 0 Å². The van der Waals surface area contributed by atoms with Gasteiger partial charge in [0.25, 0.3) is 0 Å². The van der Waals surface area contributed by atoms with E-state index in [9.17, 15) is 17.8 Å². The van der Waals surface area contributed by atoms with Crippen LogP contribution in [-0.2, 0) is 14.9 Å². The van der Waals surface area contributed by atoms with Crippen molar-refractivity contribution in [2.45, 2.75) is 19.4 Å². The molecule has 0 rings (SSSR count). The van der Waals surface area contributed by atoms with E-state index >= 15 is 0 Å². The number of amides is 1. The second kappa shape index (κ2) is 6.07. The Morgan fingerprint density at radius 3 is 2.29 bits per heavy atom. The smallest absolute Gasteiger partial charge is 0.748 e. The van der Waals surface area contributed by atoms with Gasteiger partial charge in [-0.05, 0) is 19.9 Å². The summed E-state index contributed by atoms with van der Waals surface area (Å²) in [6, 6.07) is 0. The Bertz CT molecular complexity index is 310. The maximum Gasteiger partial charge on any atom is 2.00 e. The largest absolute Gasteiger partial charge is 2.00 e. The van der Waals surface area contributed by atoms with Gasteiger partial charge >= 0.3 is 37.7 Å². The Hall–Kier alpha value is 0.380. The Morgan fingerprint density at radius 2 is 2.00 bits per heavy atom. The first-order chi connectivity index (χ1) is 5.66. The molecule has 0 saturated heterocycles. The number of hydrogen-bond acceptors (Lipinski definition) is 4. The molecule has 0 aliphatic carbocycles. The quantitative estimate of drug-likeness (QED) is 0.401. The van der Waals surface area contributed by atoms with Crippen LogP contribution in [0, 0.1) is 0 Å². The van der Waals surface area contributed by atoms with Gasteiger partial charge in [0, 0.05) is 5.54 Å². The van der Waals surface area contributed by atoms with Crippen LogP contribution in [0.2, 0.25) is 0 Å². The second-order valence-corrected chi connectivity index (χ2v) is 4.68. The molecular formula is C7H12CaNO4S+. The van der Waals surface area contributed by atoms with Gasteiger partial charge in [-0.1, -0.05) is 6.58 Å². The maximum absolute atomic E-state index is 10.8. The fourth-order valence-electron chi connectivity index (χ4n) is 0.863. The standard InChI is InChI=1S/C7H13NO4S.Ca/c1-4-6(9)8-7(2,3)5-13(10,11)12;/h4H,1,5H2,2-3H3,(H,8,9)(H,10,11,12);/q;+2/p-1. The van der Waals surface area contributed by atoms with Crippen molar-refractivity contribution in [3.05, 3.63) is 12.7 Å². The average Bonchev–Trinajstić information content (AvgIpc) is 1.80. The van der Waals surface area contributed by atoms with Gasteiger partial charge in [0.1, 0.15) is 0 Å². The number of rotatable bonds is 4. The van der Waals surface area contributed by atoms with Crippen molar-refractivity contribution in [3.8, 4) is 0 Å². The van der Waals surface area contributed by atoms with Gasteiger partial charge in [-0.15, -0.1) is 0 Å². The molecule has 7 heteroatoms. The minimum absolute atomic E-state index is 0. The summed E-state index contributed by atoms with van der Waals surface area (Å²) in [5.74, 6) is -1.15. The van der Waals surface area contributed by atoms with Crippen molar-refractivity contribution in [1.29, 1.82) is 0 Å². The molecular weight excluding hydrogens is 234 g/mol. The molecule has 1 amide bonds. The van der Waals surface area contributed by atoms with Gasteiger partial charge in [-0.2, -0.15) is 0 Å². The van der Waals surface area contributed by atoms with Crippen molar-refractivity contribution >= 4 is 53.8 Å². The SMILES string of the molecule is C=CC(=O)NC(C)(C)CS(=O)(=O)[O-].[Ca+2]. The third-order valence-corrected chi connectivity index (χ3v) is 2.26. The van der Waals surface area contributed by atoms with Crippen molar-refractivity contribution in [1.82, 2.24) is 5.32 Å². The van der Waals surface area contributed by atoms with E-state index < -0.39 is 27.3 Å². The average molecular weight is 246 g/mol. The van der Waals surface area contributed by atoms with E-state index in [0.29, 0.717) is 0 Å². The van der Waals surface area contributed by atoms with Crippen molar-refractivity contribution in [3.63, 3.8) is 0 Å². The van der Waals surface area contributed by atoms with Crippen LogP contribution in [-0.4, -0.2) is 67.9 Å². The molecule has 0 aliphatic rings. The van der Waals surface area contributed by atoms with Crippen molar-refractivity contribution < 1.29 is 17.8 Å². The molecule has 0 aromatic rings. The summed E-state index contributed by atoms with van der Waals surface area (Å²) in [5.41, 5.74) is -1.06. The molecule has 14 heavy (non-hydrogen) atoms. The summed E-state index contributed by atoms with van der Waals surface area (Å²) < 4.78 is 31.2. The first-order valence-electron chi connectivity index (χ1n) is 3.54. The molecule has 0 aromatic carbocycles. The third-order valence-electron chi connectivity index (χ3n) is 1.18. The van der Waals surface area contributed by atoms with Crippen LogP contribution in [0.25, 0.3) is 0 Å². The molecule has 0 unspecified atom stereocenters. The normalized spacial score (nSPS) is 11.4. The number of nitrogens with one attached hydrogen (secondary N) is 1. The Kier molecular flexibility index (Phi) is 7.28. The molecule has 0 aromatic heterocycles. The van der Waals surface area contributed by atoms with Crippen LogP contribution >= 0.6 is 0 Å². The van der Waals surface area contributed by atoms with Gasteiger partial charge in [0.05, 0.1) is 15.9 Å². The maximum atomic E-state index is 10.8. The molecule has 0 radical (unpaired) electrons. The Balaban J connectivity index is 0. The summed E-state index contributed by atoms with van der Waals surface area (Å²) >= 11 is 0. The molecule has 5 nitrogen and oxygen atoms in total. The summed E-state index contributed by atoms with van der Waals surface area (Å²) in [5, 5.41) is 2.33. The summed E-state index contributed by atoms with van der Waals surface area (Å²) in [7, 11) is -4.33. The zero-order valence-electron chi connectivity index (χ0n) is 8.24. The van der Waals surface area contributed by atoms with Gasteiger partial charge in [0.2, 0.25) is 5.91 Å². The Morgan fingerprint density at radius 1 is 1.57 bits per heavy atom. The summed E-state index contributed by atoms with van der Waals surface area (Å²) in [4.78, 5) is 10.8. The van der Waals surface area contributed by atoms with Crippen LogP contribution < -0.4 is 5.32 Å². The molecule has 0 bridgehead atoms. The molecule has 76 valence electrons. The van der Waals surface area contributed by atoms with Crippen molar-refractivity contribution in [2.75, 3.05) is 5.75 Å². The van der Waals surface area contributed by atoms with E-state index in [1.807, 2.05) is 0 Å². The van der Waals surface area contributed by atoms with Gasteiger partial charge in [-0.25, -0.2) is 8.42 Å². The molecule has 0 heterocycles. The minimum Gasteiger partial charge on any atom is -0.748 e. The zero-order chi connectivity index (χ0) is 10.7.